The van der Waals surface area contributed by atoms with Crippen LogP contribution in [0.4, 0.5) is 0 Å². The molecule has 68 valence electrons. The summed E-state index contributed by atoms with van der Waals surface area (Å²) in [5, 5.41) is 0. The standard InChI is InChI=1S/C8H18Cl2Si/c1-11(2,7-3-5-9)8-4-6-10/h3-8H2,1-2H3. The van der Waals surface area contributed by atoms with Crippen LogP contribution in [0, 0.1) is 0 Å². The first-order chi connectivity index (χ1) is 5.12. The molecule has 11 heavy (non-hydrogen) atoms. The molecule has 0 aromatic carbocycles. The summed E-state index contributed by atoms with van der Waals surface area (Å²) in [6.45, 7) is 4.85. The molecule has 0 aliphatic rings. The van der Waals surface area contributed by atoms with Crippen molar-refractivity contribution in [2.45, 2.75) is 38.0 Å². The van der Waals surface area contributed by atoms with Gasteiger partial charge in [0.25, 0.3) is 0 Å². The molecule has 0 heterocycles. The van der Waals surface area contributed by atoms with Crippen molar-refractivity contribution in [3.8, 4) is 0 Å². The van der Waals surface area contributed by atoms with Gasteiger partial charge in [-0.25, -0.2) is 0 Å². The van der Waals surface area contributed by atoms with E-state index in [2.05, 4.69) is 13.1 Å². The largest absolute Gasteiger partial charge is 0.127 e. The van der Waals surface area contributed by atoms with Crippen molar-refractivity contribution >= 4 is 31.3 Å². The Morgan fingerprint density at radius 2 is 1.27 bits per heavy atom. The van der Waals surface area contributed by atoms with E-state index in [1.165, 1.54) is 24.9 Å². The lowest BCUT2D eigenvalue weighted by atomic mass is 10.6. The van der Waals surface area contributed by atoms with Crippen LogP contribution >= 0.6 is 23.2 Å². The van der Waals surface area contributed by atoms with Crippen molar-refractivity contribution in [2.24, 2.45) is 0 Å². The second-order valence-corrected chi connectivity index (χ2v) is 9.83. The third-order valence-corrected chi connectivity index (χ3v) is 5.92. The zero-order chi connectivity index (χ0) is 8.74. The summed E-state index contributed by atoms with van der Waals surface area (Å²) in [6.07, 6.45) is 2.37. The van der Waals surface area contributed by atoms with E-state index in [-0.39, 0.29) is 0 Å². The topological polar surface area (TPSA) is 0 Å². The highest BCUT2D eigenvalue weighted by Crippen LogP contribution is 2.19. The summed E-state index contributed by atoms with van der Waals surface area (Å²) in [7, 11) is -0.914. The monoisotopic (exact) mass is 212 g/mol. The van der Waals surface area contributed by atoms with Crippen molar-refractivity contribution in [1.29, 1.82) is 0 Å². The van der Waals surface area contributed by atoms with Gasteiger partial charge >= 0.3 is 0 Å². The van der Waals surface area contributed by atoms with Gasteiger partial charge in [0.2, 0.25) is 0 Å². The van der Waals surface area contributed by atoms with Gasteiger partial charge in [-0.2, -0.15) is 0 Å². The Balaban J connectivity index is 3.43. The fourth-order valence-electron chi connectivity index (χ4n) is 1.22. The number of halogens is 2. The van der Waals surface area contributed by atoms with Gasteiger partial charge in [0.15, 0.2) is 0 Å². The molecule has 0 rings (SSSR count). The van der Waals surface area contributed by atoms with Gasteiger partial charge in [0.1, 0.15) is 0 Å². The molecular weight excluding hydrogens is 195 g/mol. The number of hydrogen-bond donors (Lipinski definition) is 0. The summed E-state index contributed by atoms with van der Waals surface area (Å²) < 4.78 is 0. The summed E-state index contributed by atoms with van der Waals surface area (Å²) in [5.74, 6) is 1.63. The smallest absolute Gasteiger partial charge is 0.0474 e. The first kappa shape index (κ1) is 11.8. The molecule has 0 nitrogen and oxygen atoms in total. The van der Waals surface area contributed by atoms with E-state index >= 15 is 0 Å². The minimum Gasteiger partial charge on any atom is -0.127 e. The number of alkyl halides is 2. The average molecular weight is 213 g/mol. The summed E-state index contributed by atoms with van der Waals surface area (Å²) in [4.78, 5) is 0. The zero-order valence-electron chi connectivity index (χ0n) is 7.50. The number of hydrogen-bond acceptors (Lipinski definition) is 0. The van der Waals surface area contributed by atoms with Crippen molar-refractivity contribution in [3.63, 3.8) is 0 Å². The molecule has 0 spiro atoms. The van der Waals surface area contributed by atoms with Gasteiger partial charge in [-0.1, -0.05) is 25.2 Å². The zero-order valence-corrected chi connectivity index (χ0v) is 10.0. The molecular formula is C8H18Cl2Si. The van der Waals surface area contributed by atoms with E-state index in [1.807, 2.05) is 0 Å². The third kappa shape index (κ3) is 7.17. The molecule has 0 aliphatic heterocycles. The Morgan fingerprint density at radius 3 is 1.55 bits per heavy atom. The average Bonchev–Trinajstić information content (AvgIpc) is 1.97. The fraction of sp³-hybridized carbons (Fsp3) is 1.00. The second kappa shape index (κ2) is 6.33. The van der Waals surface area contributed by atoms with Crippen LogP contribution in [-0.4, -0.2) is 19.8 Å². The molecule has 0 N–H and O–H groups in total. The molecule has 3 heteroatoms. The van der Waals surface area contributed by atoms with Gasteiger partial charge in [-0.05, 0) is 12.8 Å². The van der Waals surface area contributed by atoms with Gasteiger partial charge < -0.3 is 0 Å². The van der Waals surface area contributed by atoms with Crippen LogP contribution in [0.25, 0.3) is 0 Å². The summed E-state index contributed by atoms with van der Waals surface area (Å²) in [5.41, 5.74) is 0. The highest BCUT2D eigenvalue weighted by Gasteiger charge is 2.18. The molecule has 0 saturated heterocycles. The maximum Gasteiger partial charge on any atom is 0.0474 e. The fourth-order valence-corrected chi connectivity index (χ4v) is 4.45. The molecule has 0 fully saturated rings. The van der Waals surface area contributed by atoms with Gasteiger partial charge in [-0.3, -0.25) is 0 Å². The molecule has 0 bridgehead atoms. The van der Waals surface area contributed by atoms with Crippen LogP contribution in [0.3, 0.4) is 0 Å². The molecule has 0 unspecified atom stereocenters. The molecule has 0 aromatic rings. The molecule has 0 aromatic heterocycles. The van der Waals surface area contributed by atoms with Crippen LogP contribution in [-0.2, 0) is 0 Å². The van der Waals surface area contributed by atoms with E-state index in [0.717, 1.165) is 11.8 Å². The maximum atomic E-state index is 5.64. The van der Waals surface area contributed by atoms with Crippen molar-refractivity contribution in [2.75, 3.05) is 11.8 Å². The highest BCUT2D eigenvalue weighted by atomic mass is 35.5. The van der Waals surface area contributed by atoms with Crippen molar-refractivity contribution in [1.82, 2.24) is 0 Å². The van der Waals surface area contributed by atoms with Crippen LogP contribution < -0.4 is 0 Å². The predicted molar refractivity (Wildman–Crippen MR) is 57.8 cm³/mol. The Kier molecular flexibility index (Phi) is 6.79. The Labute approximate surface area is 81.3 Å². The molecule has 0 saturated carbocycles. The third-order valence-electron chi connectivity index (χ3n) is 1.97. The van der Waals surface area contributed by atoms with E-state index in [9.17, 15) is 0 Å². The summed E-state index contributed by atoms with van der Waals surface area (Å²) in [6, 6.07) is 2.71. The molecule has 0 atom stereocenters. The second-order valence-electron chi connectivity index (χ2n) is 3.75. The first-order valence-electron chi connectivity index (χ1n) is 4.24. The van der Waals surface area contributed by atoms with Gasteiger partial charge in [0, 0.05) is 19.8 Å². The van der Waals surface area contributed by atoms with E-state index in [0.29, 0.717) is 0 Å². The minimum absolute atomic E-state index is 0.817. The lowest BCUT2D eigenvalue weighted by Gasteiger charge is -2.20. The molecule has 0 amide bonds. The Bertz CT molecular complexity index is 84.1. The van der Waals surface area contributed by atoms with Crippen LogP contribution in [0.15, 0.2) is 0 Å². The van der Waals surface area contributed by atoms with Gasteiger partial charge in [-0.15, -0.1) is 23.2 Å². The lowest BCUT2D eigenvalue weighted by Crippen LogP contribution is -2.24. The van der Waals surface area contributed by atoms with Crippen LogP contribution in [0.5, 0.6) is 0 Å². The quantitative estimate of drug-likeness (QED) is 0.463. The SMILES string of the molecule is C[Si](C)(CCCCl)CCCCl. The van der Waals surface area contributed by atoms with E-state index in [4.69, 9.17) is 23.2 Å². The highest BCUT2D eigenvalue weighted by molar-refractivity contribution is 6.77. The van der Waals surface area contributed by atoms with Crippen LogP contribution in [0.2, 0.25) is 25.2 Å². The molecule has 0 aliphatic carbocycles. The lowest BCUT2D eigenvalue weighted by molar-refractivity contribution is 0.990. The molecule has 0 radical (unpaired) electrons. The number of rotatable bonds is 6. The van der Waals surface area contributed by atoms with Gasteiger partial charge in [0.05, 0.1) is 0 Å². The summed E-state index contributed by atoms with van der Waals surface area (Å²) >= 11 is 11.3. The first-order valence-corrected chi connectivity index (χ1v) is 8.72. The Morgan fingerprint density at radius 1 is 0.909 bits per heavy atom. The van der Waals surface area contributed by atoms with E-state index < -0.39 is 8.07 Å². The van der Waals surface area contributed by atoms with Crippen LogP contribution in [0.1, 0.15) is 12.8 Å². The maximum absolute atomic E-state index is 5.64. The van der Waals surface area contributed by atoms with Crippen molar-refractivity contribution in [3.05, 3.63) is 0 Å². The predicted octanol–water partition coefficient (Wildman–Crippen LogP) is 3.95. The normalized spacial score (nSPS) is 12.0. The minimum atomic E-state index is -0.914. The Hall–Kier alpha value is 0.797. The van der Waals surface area contributed by atoms with E-state index in [1.54, 1.807) is 0 Å². The van der Waals surface area contributed by atoms with Crippen molar-refractivity contribution < 1.29 is 0 Å².